The van der Waals surface area contributed by atoms with Gasteiger partial charge in [-0.3, -0.25) is 24.1 Å². The van der Waals surface area contributed by atoms with Crippen molar-refractivity contribution in [2.75, 3.05) is 12.4 Å². The van der Waals surface area contributed by atoms with Crippen molar-refractivity contribution >= 4 is 29.2 Å². The highest BCUT2D eigenvalue weighted by atomic mass is 16.5. The molecule has 1 aliphatic heterocycles. The van der Waals surface area contributed by atoms with Gasteiger partial charge >= 0.3 is 0 Å². The highest BCUT2D eigenvalue weighted by Crippen LogP contribution is 2.27. The second-order valence-electron chi connectivity index (χ2n) is 7.36. The molecule has 7 heteroatoms. The number of ether oxygens (including phenoxy) is 1. The lowest BCUT2D eigenvalue weighted by atomic mass is 10.1. The van der Waals surface area contributed by atoms with E-state index in [9.17, 15) is 19.2 Å². The SMILES string of the molecule is COc1ccc(CN2C(=O)c3ccccc3C2=O)cc1C(=O)Nc1ccc(C(C)=O)cc1. The highest BCUT2D eigenvalue weighted by Gasteiger charge is 2.35. The molecule has 0 unspecified atom stereocenters. The van der Waals surface area contributed by atoms with Gasteiger partial charge in [0, 0.05) is 11.3 Å². The van der Waals surface area contributed by atoms with Crippen LogP contribution in [-0.4, -0.2) is 35.5 Å². The van der Waals surface area contributed by atoms with Crippen LogP contribution < -0.4 is 10.1 Å². The number of carbonyl (C=O) groups is 4. The van der Waals surface area contributed by atoms with Gasteiger partial charge in [-0.05, 0) is 61.0 Å². The Hall–Kier alpha value is -4.26. The molecule has 3 amide bonds. The summed E-state index contributed by atoms with van der Waals surface area (Å²) in [6.07, 6.45) is 0. The van der Waals surface area contributed by atoms with Crippen molar-refractivity contribution < 1.29 is 23.9 Å². The van der Waals surface area contributed by atoms with E-state index in [2.05, 4.69) is 5.32 Å². The molecule has 160 valence electrons. The van der Waals surface area contributed by atoms with Crippen LogP contribution in [0.15, 0.2) is 66.7 Å². The number of Topliss-reactive ketones (excluding diaryl/α,β-unsaturated/α-hetero) is 1. The van der Waals surface area contributed by atoms with Crippen LogP contribution in [0.1, 0.15) is 53.9 Å². The minimum atomic E-state index is -0.415. The summed E-state index contributed by atoms with van der Waals surface area (Å²) in [7, 11) is 1.46. The van der Waals surface area contributed by atoms with Gasteiger partial charge in [-0.25, -0.2) is 0 Å². The molecule has 7 nitrogen and oxygen atoms in total. The Balaban J connectivity index is 1.56. The number of imide groups is 1. The van der Waals surface area contributed by atoms with E-state index >= 15 is 0 Å². The quantitative estimate of drug-likeness (QED) is 0.474. The van der Waals surface area contributed by atoms with E-state index in [4.69, 9.17) is 4.74 Å². The Kier molecular flexibility index (Phi) is 5.55. The van der Waals surface area contributed by atoms with Crippen molar-refractivity contribution in [3.8, 4) is 5.75 Å². The zero-order valence-corrected chi connectivity index (χ0v) is 17.5. The van der Waals surface area contributed by atoms with Crippen molar-refractivity contribution in [2.45, 2.75) is 13.5 Å². The lowest BCUT2D eigenvalue weighted by Crippen LogP contribution is -2.29. The molecule has 32 heavy (non-hydrogen) atoms. The maximum atomic E-state index is 12.9. The summed E-state index contributed by atoms with van der Waals surface area (Å²) in [5.41, 5.74) is 2.68. The Labute approximate surface area is 184 Å². The van der Waals surface area contributed by atoms with Crippen molar-refractivity contribution in [3.05, 3.63) is 94.5 Å². The number of methoxy groups -OCH3 is 1. The number of nitrogens with one attached hydrogen (secondary N) is 1. The third kappa shape index (κ3) is 3.88. The van der Waals surface area contributed by atoms with Crippen LogP contribution in [0.25, 0.3) is 0 Å². The largest absolute Gasteiger partial charge is 0.496 e. The standard InChI is InChI=1S/C25H20N2O5/c1-15(28)17-8-10-18(11-9-17)26-23(29)21-13-16(7-12-22(21)32-2)14-27-24(30)19-5-3-4-6-20(19)25(27)31/h3-13H,14H2,1-2H3,(H,26,29). The summed E-state index contributed by atoms with van der Waals surface area (Å²) < 4.78 is 5.32. The molecule has 3 aromatic carbocycles. The molecule has 1 heterocycles. The molecule has 0 saturated heterocycles. The molecule has 0 aliphatic carbocycles. The third-order valence-electron chi connectivity index (χ3n) is 5.28. The van der Waals surface area contributed by atoms with Gasteiger partial charge in [-0.1, -0.05) is 18.2 Å². The summed E-state index contributed by atoms with van der Waals surface area (Å²) in [6, 6.07) is 18.2. The van der Waals surface area contributed by atoms with Crippen LogP contribution in [0.4, 0.5) is 5.69 Å². The molecule has 4 rings (SSSR count). The van der Waals surface area contributed by atoms with Gasteiger partial charge in [0.2, 0.25) is 0 Å². The summed E-state index contributed by atoms with van der Waals surface area (Å²) in [5.74, 6) is -0.850. The van der Waals surface area contributed by atoms with Gasteiger partial charge in [-0.2, -0.15) is 0 Å². The van der Waals surface area contributed by atoms with Crippen molar-refractivity contribution in [3.63, 3.8) is 0 Å². The minimum absolute atomic E-state index is 0.0317. The highest BCUT2D eigenvalue weighted by molar-refractivity contribution is 6.21. The maximum absolute atomic E-state index is 12.9. The third-order valence-corrected chi connectivity index (χ3v) is 5.28. The fourth-order valence-electron chi connectivity index (χ4n) is 3.58. The molecule has 1 N–H and O–H groups in total. The fraction of sp³-hybridized carbons (Fsp3) is 0.120. The van der Waals surface area contributed by atoms with Gasteiger partial charge < -0.3 is 10.1 Å². The first-order valence-electron chi connectivity index (χ1n) is 9.93. The van der Waals surface area contributed by atoms with Gasteiger partial charge in [0.15, 0.2) is 5.78 Å². The van der Waals surface area contributed by atoms with Gasteiger partial charge in [0.05, 0.1) is 30.3 Å². The van der Waals surface area contributed by atoms with Crippen LogP contribution in [0.2, 0.25) is 0 Å². The molecular formula is C25H20N2O5. The predicted octanol–water partition coefficient (Wildman–Crippen LogP) is 3.95. The molecule has 1 aliphatic rings. The monoisotopic (exact) mass is 428 g/mol. The van der Waals surface area contributed by atoms with E-state index in [0.717, 1.165) is 4.90 Å². The number of hydrogen-bond acceptors (Lipinski definition) is 5. The second kappa shape index (κ2) is 8.47. The Morgan fingerprint density at radius 1 is 0.906 bits per heavy atom. The van der Waals surface area contributed by atoms with Crippen LogP contribution in [0.5, 0.6) is 5.75 Å². The number of benzene rings is 3. The summed E-state index contributed by atoms with van der Waals surface area (Å²) in [5, 5.41) is 2.77. The molecule has 0 saturated carbocycles. The average Bonchev–Trinajstić information content (AvgIpc) is 3.04. The van der Waals surface area contributed by atoms with E-state index in [-0.39, 0.29) is 29.7 Å². The lowest BCUT2D eigenvalue weighted by Gasteiger charge is -2.16. The van der Waals surface area contributed by atoms with E-state index in [1.54, 1.807) is 66.7 Å². The number of nitrogens with zero attached hydrogens (tertiary/aromatic N) is 1. The number of amides is 3. The second-order valence-corrected chi connectivity index (χ2v) is 7.36. The minimum Gasteiger partial charge on any atom is -0.496 e. The van der Waals surface area contributed by atoms with Crippen LogP contribution in [0.3, 0.4) is 0 Å². The van der Waals surface area contributed by atoms with Gasteiger partial charge in [-0.15, -0.1) is 0 Å². The summed E-state index contributed by atoms with van der Waals surface area (Å²) in [6.45, 7) is 1.50. The van der Waals surface area contributed by atoms with Crippen LogP contribution in [-0.2, 0) is 6.54 Å². The average molecular weight is 428 g/mol. The van der Waals surface area contributed by atoms with Crippen molar-refractivity contribution in [1.82, 2.24) is 4.90 Å². The topological polar surface area (TPSA) is 92.8 Å². The normalized spacial score (nSPS) is 12.5. The molecular weight excluding hydrogens is 408 g/mol. The van der Waals surface area contributed by atoms with Gasteiger partial charge in [0.1, 0.15) is 5.75 Å². The molecule has 3 aromatic rings. The number of rotatable bonds is 6. The summed E-state index contributed by atoms with van der Waals surface area (Å²) >= 11 is 0. The van der Waals surface area contributed by atoms with Crippen molar-refractivity contribution in [2.24, 2.45) is 0 Å². The molecule has 0 radical (unpaired) electrons. The van der Waals surface area contributed by atoms with E-state index in [1.165, 1.54) is 14.0 Å². The maximum Gasteiger partial charge on any atom is 0.261 e. The molecule has 0 atom stereocenters. The first-order chi connectivity index (χ1) is 15.4. The smallest absolute Gasteiger partial charge is 0.261 e. The fourth-order valence-corrected chi connectivity index (χ4v) is 3.58. The van der Waals surface area contributed by atoms with E-state index < -0.39 is 5.91 Å². The Morgan fingerprint density at radius 2 is 1.53 bits per heavy atom. The molecule has 0 fully saturated rings. The zero-order valence-electron chi connectivity index (χ0n) is 17.5. The molecule has 0 aromatic heterocycles. The number of anilines is 1. The predicted molar refractivity (Wildman–Crippen MR) is 118 cm³/mol. The molecule has 0 bridgehead atoms. The number of hydrogen-bond donors (Lipinski definition) is 1. The Morgan fingerprint density at radius 3 is 2.09 bits per heavy atom. The van der Waals surface area contributed by atoms with E-state index in [0.29, 0.717) is 33.7 Å². The first-order valence-corrected chi connectivity index (χ1v) is 9.93. The van der Waals surface area contributed by atoms with Gasteiger partial charge in [0.25, 0.3) is 17.7 Å². The first kappa shape index (κ1) is 21.0. The Bertz CT molecular complexity index is 1210. The lowest BCUT2D eigenvalue weighted by molar-refractivity contribution is 0.0642. The summed E-state index contributed by atoms with van der Waals surface area (Å²) in [4.78, 5) is 50.8. The van der Waals surface area contributed by atoms with E-state index in [1.807, 2.05) is 0 Å². The zero-order chi connectivity index (χ0) is 22.8. The van der Waals surface area contributed by atoms with Crippen LogP contribution in [0, 0.1) is 0 Å². The van der Waals surface area contributed by atoms with Crippen molar-refractivity contribution in [1.29, 1.82) is 0 Å². The molecule has 0 spiro atoms. The number of fused-ring (bicyclic) bond motifs is 1. The number of ketones is 1. The number of carbonyl (C=O) groups excluding carboxylic acids is 4. The van der Waals surface area contributed by atoms with Crippen LogP contribution >= 0.6 is 0 Å².